The van der Waals surface area contributed by atoms with Crippen LogP contribution in [-0.2, 0) is 11.2 Å². The molecular weight excluding hydrogens is 310 g/mol. The molecule has 0 aliphatic heterocycles. The van der Waals surface area contributed by atoms with E-state index in [2.05, 4.69) is 10.4 Å². The van der Waals surface area contributed by atoms with Gasteiger partial charge in [-0.15, -0.1) is 0 Å². The van der Waals surface area contributed by atoms with Crippen molar-refractivity contribution in [2.45, 2.75) is 6.42 Å². The summed E-state index contributed by atoms with van der Waals surface area (Å²) in [5.74, 6) is -0.0519. The first kappa shape index (κ1) is 15.1. The van der Waals surface area contributed by atoms with Crippen molar-refractivity contribution < 1.29 is 4.79 Å². The molecule has 0 aliphatic carbocycles. The molecule has 122 valence electrons. The lowest BCUT2D eigenvalue weighted by Gasteiger charge is -2.08. The molecule has 0 aliphatic rings. The van der Waals surface area contributed by atoms with Crippen molar-refractivity contribution in [3.05, 3.63) is 90.8 Å². The van der Waals surface area contributed by atoms with E-state index in [0.717, 1.165) is 27.7 Å². The summed E-state index contributed by atoms with van der Waals surface area (Å²) in [6.07, 6.45) is 3.91. The van der Waals surface area contributed by atoms with Crippen LogP contribution in [0.25, 0.3) is 16.5 Å². The molecule has 1 N–H and O–H groups in total. The van der Waals surface area contributed by atoms with Crippen molar-refractivity contribution in [1.29, 1.82) is 0 Å². The molecule has 4 rings (SSSR count). The van der Waals surface area contributed by atoms with Gasteiger partial charge in [0.25, 0.3) is 0 Å². The van der Waals surface area contributed by atoms with Crippen LogP contribution in [0.2, 0.25) is 0 Å². The second-order valence-electron chi connectivity index (χ2n) is 5.88. The molecule has 0 spiro atoms. The zero-order valence-corrected chi connectivity index (χ0v) is 13.6. The first-order valence-corrected chi connectivity index (χ1v) is 8.16. The van der Waals surface area contributed by atoms with Gasteiger partial charge < -0.3 is 5.32 Å². The van der Waals surface area contributed by atoms with E-state index in [1.165, 1.54) is 0 Å². The number of carbonyl (C=O) groups is 1. The number of carbonyl (C=O) groups excluding carboxylic acids is 1. The smallest absolute Gasteiger partial charge is 0.228 e. The monoisotopic (exact) mass is 327 g/mol. The first-order valence-electron chi connectivity index (χ1n) is 8.16. The molecule has 0 bridgehead atoms. The van der Waals surface area contributed by atoms with E-state index < -0.39 is 0 Å². The molecule has 0 radical (unpaired) electrons. The Bertz CT molecular complexity index is 1020. The maximum Gasteiger partial charge on any atom is 0.228 e. The number of hydrogen-bond donors (Lipinski definition) is 1. The number of anilines is 1. The van der Waals surface area contributed by atoms with Gasteiger partial charge in [-0.1, -0.05) is 54.6 Å². The molecule has 0 unspecified atom stereocenters. The Morgan fingerprint density at radius 3 is 2.56 bits per heavy atom. The van der Waals surface area contributed by atoms with E-state index in [9.17, 15) is 4.79 Å². The summed E-state index contributed by atoms with van der Waals surface area (Å²) in [5, 5.41) is 9.49. The van der Waals surface area contributed by atoms with Crippen molar-refractivity contribution in [2.24, 2.45) is 0 Å². The third kappa shape index (κ3) is 3.28. The molecule has 4 aromatic rings. The summed E-state index contributed by atoms with van der Waals surface area (Å²) >= 11 is 0. The van der Waals surface area contributed by atoms with Crippen LogP contribution < -0.4 is 5.32 Å². The van der Waals surface area contributed by atoms with Crippen LogP contribution in [0, 0.1) is 0 Å². The van der Waals surface area contributed by atoms with Crippen molar-refractivity contribution in [3.8, 4) is 5.69 Å². The van der Waals surface area contributed by atoms with Crippen LogP contribution >= 0.6 is 0 Å². The number of rotatable bonds is 4. The minimum atomic E-state index is -0.0519. The molecule has 3 aromatic carbocycles. The Kier molecular flexibility index (Phi) is 4.01. The summed E-state index contributed by atoms with van der Waals surface area (Å²) in [4.78, 5) is 12.4. The molecule has 0 atom stereocenters. The van der Waals surface area contributed by atoms with Crippen LogP contribution in [0.3, 0.4) is 0 Å². The topological polar surface area (TPSA) is 46.9 Å². The minimum absolute atomic E-state index is 0.0519. The van der Waals surface area contributed by atoms with E-state index in [1.54, 1.807) is 10.9 Å². The average Bonchev–Trinajstić information content (AvgIpc) is 3.11. The number of nitrogens with one attached hydrogen (secondary N) is 1. The molecule has 4 nitrogen and oxygen atoms in total. The highest BCUT2D eigenvalue weighted by molar-refractivity contribution is 6.02. The van der Waals surface area contributed by atoms with Crippen LogP contribution in [0.1, 0.15) is 5.56 Å². The SMILES string of the molecule is O=C(Cc1cnn(-c2ccccc2)c1)Nc1cccc2ccccc12. The van der Waals surface area contributed by atoms with Crippen LogP contribution in [0.4, 0.5) is 5.69 Å². The van der Waals surface area contributed by atoms with Gasteiger partial charge in [-0.25, -0.2) is 4.68 Å². The van der Waals surface area contributed by atoms with E-state index in [4.69, 9.17) is 0 Å². The number of aromatic nitrogens is 2. The fraction of sp³-hybridized carbons (Fsp3) is 0.0476. The lowest BCUT2D eigenvalue weighted by Crippen LogP contribution is -2.14. The molecule has 4 heteroatoms. The van der Waals surface area contributed by atoms with Gasteiger partial charge in [-0.2, -0.15) is 5.10 Å². The van der Waals surface area contributed by atoms with E-state index >= 15 is 0 Å². The molecule has 1 heterocycles. The van der Waals surface area contributed by atoms with Crippen molar-refractivity contribution in [3.63, 3.8) is 0 Å². The Labute approximate surface area is 145 Å². The number of para-hydroxylation sites is 1. The zero-order valence-electron chi connectivity index (χ0n) is 13.6. The number of hydrogen-bond acceptors (Lipinski definition) is 2. The fourth-order valence-electron chi connectivity index (χ4n) is 2.89. The van der Waals surface area contributed by atoms with Gasteiger partial charge in [0.15, 0.2) is 0 Å². The van der Waals surface area contributed by atoms with Crippen LogP contribution in [0.15, 0.2) is 85.2 Å². The summed E-state index contributed by atoms with van der Waals surface area (Å²) in [6, 6.07) is 23.8. The molecular formula is C21H17N3O. The Hall–Kier alpha value is -3.40. The van der Waals surface area contributed by atoms with Gasteiger partial charge in [0, 0.05) is 17.3 Å². The Morgan fingerprint density at radius 1 is 0.920 bits per heavy atom. The molecule has 0 saturated carbocycles. The average molecular weight is 327 g/mol. The van der Waals surface area contributed by atoms with Gasteiger partial charge in [0.1, 0.15) is 0 Å². The van der Waals surface area contributed by atoms with Crippen LogP contribution in [0.5, 0.6) is 0 Å². The summed E-state index contributed by atoms with van der Waals surface area (Å²) in [7, 11) is 0. The Balaban J connectivity index is 1.50. The van der Waals surface area contributed by atoms with Gasteiger partial charge in [0.05, 0.1) is 18.3 Å². The maximum absolute atomic E-state index is 12.4. The molecule has 1 aromatic heterocycles. The normalized spacial score (nSPS) is 10.7. The van der Waals surface area contributed by atoms with Crippen molar-refractivity contribution in [2.75, 3.05) is 5.32 Å². The van der Waals surface area contributed by atoms with Gasteiger partial charge in [-0.05, 0) is 29.1 Å². The van der Waals surface area contributed by atoms with E-state index in [0.29, 0.717) is 0 Å². The molecule has 25 heavy (non-hydrogen) atoms. The summed E-state index contributed by atoms with van der Waals surface area (Å²) in [6.45, 7) is 0. The quantitative estimate of drug-likeness (QED) is 0.610. The standard InChI is InChI=1S/C21H17N3O/c25-21(23-20-12-6-8-17-7-4-5-11-19(17)20)13-16-14-22-24(15-16)18-9-2-1-3-10-18/h1-12,14-15H,13H2,(H,23,25). The van der Waals surface area contributed by atoms with E-state index in [-0.39, 0.29) is 12.3 Å². The third-order valence-electron chi connectivity index (χ3n) is 4.09. The van der Waals surface area contributed by atoms with Gasteiger partial charge >= 0.3 is 0 Å². The molecule has 0 fully saturated rings. The zero-order chi connectivity index (χ0) is 17.1. The highest BCUT2D eigenvalue weighted by atomic mass is 16.1. The fourth-order valence-corrected chi connectivity index (χ4v) is 2.89. The van der Waals surface area contributed by atoms with Crippen molar-refractivity contribution >= 4 is 22.4 Å². The predicted octanol–water partition coefficient (Wildman–Crippen LogP) is 4.21. The molecule has 1 amide bonds. The number of benzene rings is 3. The molecule has 0 saturated heterocycles. The number of nitrogens with zero attached hydrogens (tertiary/aromatic N) is 2. The second kappa shape index (κ2) is 6.61. The lowest BCUT2D eigenvalue weighted by molar-refractivity contribution is -0.115. The van der Waals surface area contributed by atoms with Gasteiger partial charge in [-0.3, -0.25) is 4.79 Å². The number of fused-ring (bicyclic) bond motifs is 1. The summed E-state index contributed by atoms with van der Waals surface area (Å²) in [5.41, 5.74) is 2.68. The first-order chi connectivity index (χ1) is 12.3. The largest absolute Gasteiger partial charge is 0.325 e. The van der Waals surface area contributed by atoms with Crippen molar-refractivity contribution in [1.82, 2.24) is 9.78 Å². The third-order valence-corrected chi connectivity index (χ3v) is 4.09. The highest BCUT2D eigenvalue weighted by Crippen LogP contribution is 2.23. The Morgan fingerprint density at radius 2 is 1.68 bits per heavy atom. The minimum Gasteiger partial charge on any atom is -0.325 e. The maximum atomic E-state index is 12.4. The highest BCUT2D eigenvalue weighted by Gasteiger charge is 2.09. The predicted molar refractivity (Wildman–Crippen MR) is 99.8 cm³/mol. The number of amides is 1. The lowest BCUT2D eigenvalue weighted by atomic mass is 10.1. The van der Waals surface area contributed by atoms with Crippen LogP contribution in [-0.4, -0.2) is 15.7 Å². The summed E-state index contributed by atoms with van der Waals surface area (Å²) < 4.78 is 1.78. The second-order valence-corrected chi connectivity index (χ2v) is 5.88. The van der Waals surface area contributed by atoms with Gasteiger partial charge in [0.2, 0.25) is 5.91 Å². The van der Waals surface area contributed by atoms with E-state index in [1.807, 2.05) is 79.0 Å².